The minimum atomic E-state index is -3.57. The van der Waals surface area contributed by atoms with Gasteiger partial charge in [0.2, 0.25) is 10.0 Å². The Hall–Kier alpha value is -3.07. The highest BCUT2D eigenvalue weighted by Gasteiger charge is 2.19. The third-order valence-corrected chi connectivity index (χ3v) is 4.23. The van der Waals surface area contributed by atoms with Crippen LogP contribution in [0, 0.1) is 0 Å². The summed E-state index contributed by atoms with van der Waals surface area (Å²) in [7, 11) is -3.57. The fraction of sp³-hybridized carbons (Fsp3) is 0.222. The molecule has 0 atom stereocenters. The van der Waals surface area contributed by atoms with Crippen LogP contribution >= 0.6 is 0 Å². The van der Waals surface area contributed by atoms with Crippen molar-refractivity contribution in [1.29, 1.82) is 0 Å². The summed E-state index contributed by atoms with van der Waals surface area (Å²) in [6.45, 7) is 0.342. The van der Waals surface area contributed by atoms with Gasteiger partial charge in [-0.1, -0.05) is 12.1 Å². The Morgan fingerprint density at radius 1 is 1.07 bits per heavy atom. The standard InChI is InChI=1S/C18H17NO7S/c1-27(22,23)19-14-5-3-2-4-13(14)18(21)26-11-15(20)12-6-7-16-17(10-12)25-9-8-24-16/h2-7,10,19H,8-9,11H2,1H3. The van der Waals surface area contributed by atoms with Gasteiger partial charge in [0.1, 0.15) is 13.2 Å². The summed E-state index contributed by atoms with van der Waals surface area (Å²) in [5.41, 5.74) is 0.407. The SMILES string of the molecule is CS(=O)(=O)Nc1ccccc1C(=O)OCC(=O)c1ccc2c(c1)OCCO2. The highest BCUT2D eigenvalue weighted by Crippen LogP contribution is 2.30. The Bertz CT molecular complexity index is 985. The molecule has 0 aliphatic carbocycles. The van der Waals surface area contributed by atoms with E-state index in [4.69, 9.17) is 14.2 Å². The van der Waals surface area contributed by atoms with Crippen LogP contribution in [0.1, 0.15) is 20.7 Å². The number of para-hydroxylation sites is 1. The predicted octanol–water partition coefficient (Wildman–Crippen LogP) is 1.87. The van der Waals surface area contributed by atoms with Crippen LogP contribution in [0.3, 0.4) is 0 Å². The van der Waals surface area contributed by atoms with Gasteiger partial charge in [0.05, 0.1) is 17.5 Å². The van der Waals surface area contributed by atoms with Gasteiger partial charge in [-0.2, -0.15) is 0 Å². The molecule has 2 aromatic carbocycles. The molecule has 0 bridgehead atoms. The lowest BCUT2D eigenvalue weighted by Gasteiger charge is -2.18. The third-order valence-electron chi connectivity index (χ3n) is 3.64. The van der Waals surface area contributed by atoms with E-state index >= 15 is 0 Å². The predicted molar refractivity (Wildman–Crippen MR) is 97.0 cm³/mol. The quantitative estimate of drug-likeness (QED) is 0.591. The molecular weight excluding hydrogens is 374 g/mol. The van der Waals surface area contributed by atoms with Crippen LogP contribution < -0.4 is 14.2 Å². The van der Waals surface area contributed by atoms with E-state index in [1.54, 1.807) is 24.3 Å². The average Bonchev–Trinajstić information content (AvgIpc) is 2.64. The van der Waals surface area contributed by atoms with Crippen molar-refractivity contribution in [2.24, 2.45) is 0 Å². The molecule has 0 radical (unpaired) electrons. The number of Topliss-reactive ketones (excluding diaryl/α,β-unsaturated/α-hetero) is 1. The summed E-state index contributed by atoms with van der Waals surface area (Å²) in [5, 5.41) is 0. The lowest BCUT2D eigenvalue weighted by molar-refractivity contribution is 0.0475. The number of sulfonamides is 1. The average molecular weight is 391 g/mol. The van der Waals surface area contributed by atoms with Crippen LogP contribution in [-0.2, 0) is 14.8 Å². The Kier molecular flexibility index (Phi) is 5.31. The van der Waals surface area contributed by atoms with Crippen LogP contribution in [0.4, 0.5) is 5.69 Å². The molecule has 9 heteroatoms. The molecule has 0 spiro atoms. The molecule has 27 heavy (non-hydrogen) atoms. The maximum atomic E-state index is 12.3. The summed E-state index contributed by atoms with van der Waals surface area (Å²) in [6, 6.07) is 10.7. The zero-order valence-electron chi connectivity index (χ0n) is 14.4. The summed E-state index contributed by atoms with van der Waals surface area (Å²) < 4.78 is 40.9. The van der Waals surface area contributed by atoms with E-state index in [0.29, 0.717) is 30.3 Å². The number of benzene rings is 2. The fourth-order valence-electron chi connectivity index (χ4n) is 2.46. The number of ketones is 1. The first kappa shape index (κ1) is 18.7. The minimum Gasteiger partial charge on any atom is -0.486 e. The molecule has 0 saturated heterocycles. The largest absolute Gasteiger partial charge is 0.486 e. The molecule has 3 rings (SSSR count). The molecule has 0 amide bonds. The Morgan fingerprint density at radius 3 is 2.52 bits per heavy atom. The van der Waals surface area contributed by atoms with Gasteiger partial charge in [0.25, 0.3) is 0 Å². The molecule has 1 N–H and O–H groups in total. The fourth-order valence-corrected chi connectivity index (χ4v) is 3.04. The number of carbonyl (C=O) groups excluding carboxylic acids is 2. The molecule has 2 aromatic rings. The number of carbonyl (C=O) groups is 2. The van der Waals surface area contributed by atoms with Crippen molar-refractivity contribution in [3.63, 3.8) is 0 Å². The van der Waals surface area contributed by atoms with Gasteiger partial charge in [0, 0.05) is 5.56 Å². The second-order valence-electron chi connectivity index (χ2n) is 5.78. The summed E-state index contributed by atoms with van der Waals surface area (Å²) >= 11 is 0. The molecule has 0 aromatic heterocycles. The highest BCUT2D eigenvalue weighted by atomic mass is 32.2. The van der Waals surface area contributed by atoms with Crippen molar-refractivity contribution in [3.8, 4) is 11.5 Å². The van der Waals surface area contributed by atoms with Crippen molar-refractivity contribution in [2.75, 3.05) is 30.8 Å². The summed E-state index contributed by atoms with van der Waals surface area (Å²) in [5.74, 6) is -0.224. The van der Waals surface area contributed by atoms with E-state index in [2.05, 4.69) is 4.72 Å². The first-order valence-electron chi connectivity index (χ1n) is 8.00. The number of hydrogen-bond donors (Lipinski definition) is 1. The number of esters is 1. The molecule has 1 aliphatic rings. The number of rotatable bonds is 6. The molecule has 8 nitrogen and oxygen atoms in total. The molecule has 0 fully saturated rings. The van der Waals surface area contributed by atoms with Crippen LogP contribution in [0.2, 0.25) is 0 Å². The van der Waals surface area contributed by atoms with Crippen molar-refractivity contribution >= 4 is 27.5 Å². The van der Waals surface area contributed by atoms with Crippen molar-refractivity contribution in [1.82, 2.24) is 0 Å². The van der Waals surface area contributed by atoms with Crippen LogP contribution in [0.25, 0.3) is 0 Å². The minimum absolute atomic E-state index is 0.0119. The summed E-state index contributed by atoms with van der Waals surface area (Å²) in [4.78, 5) is 24.6. The van der Waals surface area contributed by atoms with Gasteiger partial charge in [0.15, 0.2) is 23.9 Å². The maximum Gasteiger partial charge on any atom is 0.340 e. The van der Waals surface area contributed by atoms with E-state index in [1.165, 1.54) is 18.2 Å². The van der Waals surface area contributed by atoms with Crippen molar-refractivity contribution in [2.45, 2.75) is 0 Å². The van der Waals surface area contributed by atoms with E-state index in [-0.39, 0.29) is 11.3 Å². The van der Waals surface area contributed by atoms with Gasteiger partial charge < -0.3 is 14.2 Å². The molecule has 0 saturated carbocycles. The number of fused-ring (bicyclic) bond motifs is 1. The molecular formula is C18H17NO7S. The van der Waals surface area contributed by atoms with Crippen LogP contribution in [0.5, 0.6) is 11.5 Å². The van der Waals surface area contributed by atoms with E-state index < -0.39 is 28.4 Å². The van der Waals surface area contributed by atoms with E-state index in [1.807, 2.05) is 0 Å². The van der Waals surface area contributed by atoms with Gasteiger partial charge in [-0.3, -0.25) is 9.52 Å². The molecule has 1 aliphatic heterocycles. The highest BCUT2D eigenvalue weighted by molar-refractivity contribution is 7.92. The maximum absolute atomic E-state index is 12.3. The molecule has 142 valence electrons. The monoisotopic (exact) mass is 391 g/mol. The van der Waals surface area contributed by atoms with E-state index in [0.717, 1.165) is 6.26 Å². The lowest BCUT2D eigenvalue weighted by Crippen LogP contribution is -2.18. The zero-order valence-corrected chi connectivity index (χ0v) is 15.2. The first-order chi connectivity index (χ1) is 12.8. The Balaban J connectivity index is 1.68. The Labute approximate surface area is 156 Å². The molecule has 1 heterocycles. The lowest BCUT2D eigenvalue weighted by atomic mass is 10.1. The topological polar surface area (TPSA) is 108 Å². The number of anilines is 1. The first-order valence-corrected chi connectivity index (χ1v) is 9.89. The second-order valence-corrected chi connectivity index (χ2v) is 7.53. The normalized spacial score (nSPS) is 12.9. The third kappa shape index (κ3) is 4.76. The Morgan fingerprint density at radius 2 is 1.78 bits per heavy atom. The number of nitrogens with one attached hydrogen (secondary N) is 1. The van der Waals surface area contributed by atoms with E-state index in [9.17, 15) is 18.0 Å². The van der Waals surface area contributed by atoms with Gasteiger partial charge in [-0.15, -0.1) is 0 Å². The number of ether oxygens (including phenoxy) is 3. The zero-order chi connectivity index (χ0) is 19.4. The van der Waals surface area contributed by atoms with Crippen molar-refractivity contribution < 1.29 is 32.2 Å². The summed E-state index contributed by atoms with van der Waals surface area (Å²) in [6.07, 6.45) is 0.973. The second kappa shape index (κ2) is 7.67. The van der Waals surface area contributed by atoms with Gasteiger partial charge in [-0.25, -0.2) is 13.2 Å². The molecule has 0 unspecified atom stereocenters. The van der Waals surface area contributed by atoms with Crippen LogP contribution in [0.15, 0.2) is 42.5 Å². The van der Waals surface area contributed by atoms with Crippen molar-refractivity contribution in [3.05, 3.63) is 53.6 Å². The van der Waals surface area contributed by atoms with Crippen LogP contribution in [-0.4, -0.2) is 46.2 Å². The van der Waals surface area contributed by atoms with Gasteiger partial charge >= 0.3 is 5.97 Å². The smallest absolute Gasteiger partial charge is 0.340 e. The number of hydrogen-bond acceptors (Lipinski definition) is 7. The van der Waals surface area contributed by atoms with Gasteiger partial charge in [-0.05, 0) is 30.3 Å².